The number of aliphatic hydroxyl groups is 1. The topological polar surface area (TPSA) is 49.3 Å². The first kappa shape index (κ1) is 14.9. The molecule has 0 spiro atoms. The monoisotopic (exact) mass is 275 g/mol. The van der Waals surface area contributed by atoms with Gasteiger partial charge in [-0.05, 0) is 24.8 Å². The summed E-state index contributed by atoms with van der Waals surface area (Å²) in [5.74, 6) is -1.49. The maximum Gasteiger partial charge on any atom is 0.251 e. The van der Waals surface area contributed by atoms with Gasteiger partial charge in [-0.1, -0.05) is 0 Å². The van der Waals surface area contributed by atoms with Crippen LogP contribution in [0.4, 0.5) is 8.78 Å². The number of halogens is 2. The number of carbonyl (C=O) groups excluding carboxylic acids is 1. The minimum Gasteiger partial charge on any atom is -0.396 e. The molecule has 0 heterocycles. The van der Waals surface area contributed by atoms with Crippen molar-refractivity contribution in [2.75, 3.05) is 18.6 Å². The molecule has 0 radical (unpaired) electrons. The van der Waals surface area contributed by atoms with Gasteiger partial charge in [0.15, 0.2) is 0 Å². The Balaban J connectivity index is 2.73. The van der Waals surface area contributed by atoms with E-state index < -0.39 is 17.5 Å². The Labute approximate surface area is 109 Å². The minimum absolute atomic E-state index is 0.0526. The van der Waals surface area contributed by atoms with Crippen molar-refractivity contribution in [2.24, 2.45) is 0 Å². The van der Waals surface area contributed by atoms with Crippen molar-refractivity contribution in [2.45, 2.75) is 12.5 Å². The third-order valence-electron chi connectivity index (χ3n) is 2.31. The summed E-state index contributed by atoms with van der Waals surface area (Å²) in [5.41, 5.74) is -0.0588. The molecule has 100 valence electrons. The molecule has 0 saturated heterocycles. The predicted molar refractivity (Wildman–Crippen MR) is 67.7 cm³/mol. The quantitative estimate of drug-likeness (QED) is 0.832. The largest absolute Gasteiger partial charge is 0.396 e. The highest BCUT2D eigenvalue weighted by Gasteiger charge is 2.14. The van der Waals surface area contributed by atoms with Crippen molar-refractivity contribution in [3.63, 3.8) is 0 Å². The summed E-state index contributed by atoms with van der Waals surface area (Å²) >= 11 is 1.52. The van der Waals surface area contributed by atoms with Crippen molar-refractivity contribution in [1.82, 2.24) is 5.32 Å². The van der Waals surface area contributed by atoms with Gasteiger partial charge in [0, 0.05) is 30.0 Å². The molecule has 0 aromatic heterocycles. The van der Waals surface area contributed by atoms with E-state index in [9.17, 15) is 13.6 Å². The van der Waals surface area contributed by atoms with Gasteiger partial charge in [0.2, 0.25) is 0 Å². The van der Waals surface area contributed by atoms with Gasteiger partial charge in [-0.2, -0.15) is 11.8 Å². The lowest BCUT2D eigenvalue weighted by molar-refractivity contribution is 0.0934. The third kappa shape index (κ3) is 4.62. The molecule has 18 heavy (non-hydrogen) atoms. The zero-order chi connectivity index (χ0) is 13.5. The van der Waals surface area contributed by atoms with Crippen LogP contribution in [0.1, 0.15) is 16.8 Å². The standard InChI is InChI=1S/C12H15F2NO2S/c1-18-7-11(2-3-16)15-12(17)8-4-9(13)6-10(14)5-8/h4-6,11,16H,2-3,7H2,1H3,(H,15,17). The fourth-order valence-corrected chi connectivity index (χ4v) is 2.16. The van der Waals surface area contributed by atoms with Gasteiger partial charge >= 0.3 is 0 Å². The average molecular weight is 275 g/mol. The van der Waals surface area contributed by atoms with Gasteiger partial charge in [0.25, 0.3) is 5.91 Å². The van der Waals surface area contributed by atoms with Gasteiger partial charge in [0.1, 0.15) is 11.6 Å². The van der Waals surface area contributed by atoms with Crippen LogP contribution in [0.5, 0.6) is 0 Å². The van der Waals surface area contributed by atoms with Crippen LogP contribution < -0.4 is 5.32 Å². The molecule has 1 aromatic carbocycles. The zero-order valence-corrected chi connectivity index (χ0v) is 10.8. The van der Waals surface area contributed by atoms with Gasteiger partial charge in [-0.3, -0.25) is 4.79 Å². The Kier molecular flexibility index (Phi) is 6.07. The van der Waals surface area contributed by atoms with E-state index in [0.717, 1.165) is 12.1 Å². The average Bonchev–Trinajstić information content (AvgIpc) is 2.28. The molecule has 0 fully saturated rings. The fraction of sp³-hybridized carbons (Fsp3) is 0.417. The van der Waals surface area contributed by atoms with E-state index in [0.29, 0.717) is 18.2 Å². The molecule has 6 heteroatoms. The maximum atomic E-state index is 13.0. The zero-order valence-electron chi connectivity index (χ0n) is 9.95. The second kappa shape index (κ2) is 7.33. The van der Waals surface area contributed by atoms with Crippen molar-refractivity contribution in [3.05, 3.63) is 35.4 Å². The number of amides is 1. The van der Waals surface area contributed by atoms with Crippen molar-refractivity contribution in [1.29, 1.82) is 0 Å². The molecule has 2 N–H and O–H groups in total. The summed E-state index contributed by atoms with van der Waals surface area (Å²) in [5, 5.41) is 11.5. The van der Waals surface area contributed by atoms with Gasteiger partial charge in [0.05, 0.1) is 0 Å². The highest BCUT2D eigenvalue weighted by molar-refractivity contribution is 7.98. The minimum atomic E-state index is -0.788. The van der Waals surface area contributed by atoms with Crippen LogP contribution in [-0.2, 0) is 0 Å². The molecule has 0 saturated carbocycles. The maximum absolute atomic E-state index is 13.0. The Morgan fingerprint density at radius 1 is 1.39 bits per heavy atom. The van der Waals surface area contributed by atoms with Crippen LogP contribution in [0.25, 0.3) is 0 Å². The summed E-state index contributed by atoms with van der Waals surface area (Å²) in [6.07, 6.45) is 2.28. The molecule has 1 amide bonds. The summed E-state index contributed by atoms with van der Waals surface area (Å²) in [6, 6.07) is 2.45. The number of nitrogens with one attached hydrogen (secondary N) is 1. The van der Waals surface area contributed by atoms with Crippen LogP contribution in [0.2, 0.25) is 0 Å². The first-order valence-corrected chi connectivity index (χ1v) is 6.83. The second-order valence-electron chi connectivity index (χ2n) is 3.80. The van der Waals surface area contributed by atoms with Crippen LogP contribution in [0.3, 0.4) is 0 Å². The van der Waals surface area contributed by atoms with Crippen molar-refractivity contribution >= 4 is 17.7 Å². The lowest BCUT2D eigenvalue weighted by atomic mass is 10.1. The van der Waals surface area contributed by atoms with Gasteiger partial charge in [-0.25, -0.2) is 8.78 Å². The third-order valence-corrected chi connectivity index (χ3v) is 3.04. The van der Waals surface area contributed by atoms with E-state index in [4.69, 9.17) is 5.11 Å². The van der Waals surface area contributed by atoms with Crippen LogP contribution >= 0.6 is 11.8 Å². The molecular weight excluding hydrogens is 260 g/mol. The number of hydrogen-bond donors (Lipinski definition) is 2. The number of thioether (sulfide) groups is 1. The number of benzene rings is 1. The molecule has 1 atom stereocenters. The first-order chi connectivity index (χ1) is 8.56. The van der Waals surface area contributed by atoms with Gasteiger partial charge < -0.3 is 10.4 Å². The highest BCUT2D eigenvalue weighted by Crippen LogP contribution is 2.09. The van der Waals surface area contributed by atoms with E-state index in [2.05, 4.69) is 5.32 Å². The summed E-state index contributed by atoms with van der Waals surface area (Å²) in [7, 11) is 0. The second-order valence-corrected chi connectivity index (χ2v) is 4.71. The Morgan fingerprint density at radius 3 is 2.50 bits per heavy atom. The number of hydrogen-bond acceptors (Lipinski definition) is 3. The van der Waals surface area contributed by atoms with Crippen molar-refractivity contribution in [3.8, 4) is 0 Å². The number of rotatable bonds is 6. The SMILES string of the molecule is CSCC(CCO)NC(=O)c1cc(F)cc(F)c1. The molecule has 1 unspecified atom stereocenters. The summed E-state index contributed by atoms with van der Waals surface area (Å²) in [4.78, 5) is 11.8. The smallest absolute Gasteiger partial charge is 0.251 e. The van der Waals surface area contributed by atoms with Crippen LogP contribution in [-0.4, -0.2) is 35.7 Å². The molecular formula is C12H15F2NO2S. The molecule has 0 aliphatic carbocycles. The molecule has 3 nitrogen and oxygen atoms in total. The normalized spacial score (nSPS) is 12.2. The van der Waals surface area contributed by atoms with E-state index in [1.165, 1.54) is 11.8 Å². The van der Waals surface area contributed by atoms with E-state index in [-0.39, 0.29) is 18.2 Å². The fourth-order valence-electron chi connectivity index (χ4n) is 1.51. The molecule has 0 bridgehead atoms. The molecule has 1 rings (SSSR count). The van der Waals surface area contributed by atoms with E-state index >= 15 is 0 Å². The summed E-state index contributed by atoms with van der Waals surface area (Å²) < 4.78 is 25.9. The molecule has 1 aromatic rings. The number of carbonyl (C=O) groups is 1. The Bertz CT molecular complexity index is 389. The lowest BCUT2D eigenvalue weighted by Gasteiger charge is -2.16. The van der Waals surface area contributed by atoms with E-state index in [1.807, 2.05) is 6.26 Å². The Morgan fingerprint density at radius 2 is 2.00 bits per heavy atom. The predicted octanol–water partition coefficient (Wildman–Crippen LogP) is 1.81. The van der Waals surface area contributed by atoms with Gasteiger partial charge in [-0.15, -0.1) is 0 Å². The number of aliphatic hydroxyl groups excluding tert-OH is 1. The van der Waals surface area contributed by atoms with E-state index in [1.54, 1.807) is 0 Å². The highest BCUT2D eigenvalue weighted by atomic mass is 32.2. The van der Waals surface area contributed by atoms with Crippen LogP contribution in [0.15, 0.2) is 18.2 Å². The lowest BCUT2D eigenvalue weighted by Crippen LogP contribution is -2.37. The van der Waals surface area contributed by atoms with Crippen LogP contribution in [0, 0.1) is 11.6 Å². The molecule has 0 aliphatic rings. The van der Waals surface area contributed by atoms with Crippen molar-refractivity contribution < 1.29 is 18.7 Å². The Hall–Kier alpha value is -1.14. The summed E-state index contributed by atoms with van der Waals surface area (Å²) in [6.45, 7) is -0.0526. The molecule has 0 aliphatic heterocycles. The first-order valence-electron chi connectivity index (χ1n) is 5.43.